The first-order valence-corrected chi connectivity index (χ1v) is 5.67. The van der Waals surface area contributed by atoms with Gasteiger partial charge in [-0.1, -0.05) is 30.3 Å². The predicted octanol–water partition coefficient (Wildman–Crippen LogP) is 2.95. The quantitative estimate of drug-likeness (QED) is 0.865. The number of aromatic carboxylic acids is 1. The summed E-state index contributed by atoms with van der Waals surface area (Å²) < 4.78 is 0. The number of nitrogens with zero attached hydrogens (tertiary/aromatic N) is 1. The molecule has 1 unspecified atom stereocenters. The van der Waals surface area contributed by atoms with E-state index < -0.39 is 5.97 Å². The molecule has 0 spiro atoms. The molecule has 2 rings (SSSR count). The largest absolute Gasteiger partial charge is 0.477 e. The third-order valence-corrected chi connectivity index (χ3v) is 2.66. The molecule has 0 bridgehead atoms. The molecule has 0 fully saturated rings. The van der Waals surface area contributed by atoms with Gasteiger partial charge < -0.3 is 10.4 Å². The highest BCUT2D eigenvalue weighted by molar-refractivity contribution is 5.86. The summed E-state index contributed by atoms with van der Waals surface area (Å²) in [6.07, 6.45) is 1.49. The van der Waals surface area contributed by atoms with Crippen molar-refractivity contribution in [3.8, 4) is 0 Å². The van der Waals surface area contributed by atoms with Crippen LogP contribution in [0.5, 0.6) is 0 Å². The highest BCUT2D eigenvalue weighted by Crippen LogP contribution is 2.18. The molecule has 0 saturated carbocycles. The van der Waals surface area contributed by atoms with Crippen LogP contribution in [0.3, 0.4) is 0 Å². The molecule has 1 atom stereocenters. The van der Waals surface area contributed by atoms with Crippen molar-refractivity contribution in [3.63, 3.8) is 0 Å². The van der Waals surface area contributed by atoms with Crippen molar-refractivity contribution in [1.82, 2.24) is 4.98 Å². The minimum atomic E-state index is -1.02. The monoisotopic (exact) mass is 242 g/mol. The lowest BCUT2D eigenvalue weighted by Gasteiger charge is -2.15. The van der Waals surface area contributed by atoms with E-state index in [4.69, 9.17) is 5.11 Å². The van der Waals surface area contributed by atoms with Crippen molar-refractivity contribution in [2.45, 2.75) is 13.0 Å². The average molecular weight is 242 g/mol. The van der Waals surface area contributed by atoms with Crippen molar-refractivity contribution in [1.29, 1.82) is 0 Å². The maximum atomic E-state index is 10.8. The highest BCUT2D eigenvalue weighted by atomic mass is 16.4. The molecule has 2 N–H and O–H groups in total. The van der Waals surface area contributed by atoms with E-state index in [0.29, 0.717) is 0 Å². The van der Waals surface area contributed by atoms with Crippen LogP contribution in [0.1, 0.15) is 29.0 Å². The average Bonchev–Trinajstić information content (AvgIpc) is 2.40. The third kappa shape index (κ3) is 2.85. The summed E-state index contributed by atoms with van der Waals surface area (Å²) in [5.41, 5.74) is 1.94. The number of carboxylic acids is 1. The Labute approximate surface area is 105 Å². The van der Waals surface area contributed by atoms with Crippen LogP contribution >= 0.6 is 0 Å². The van der Waals surface area contributed by atoms with Gasteiger partial charge >= 0.3 is 5.97 Å². The smallest absolute Gasteiger partial charge is 0.354 e. The van der Waals surface area contributed by atoms with E-state index in [0.717, 1.165) is 11.3 Å². The van der Waals surface area contributed by atoms with Crippen LogP contribution in [-0.2, 0) is 0 Å². The van der Waals surface area contributed by atoms with Crippen LogP contribution in [0.15, 0.2) is 48.7 Å². The second-order valence-corrected chi connectivity index (χ2v) is 4.01. The zero-order valence-electron chi connectivity index (χ0n) is 10.00. The zero-order valence-corrected chi connectivity index (χ0v) is 10.00. The van der Waals surface area contributed by atoms with Crippen LogP contribution in [-0.4, -0.2) is 16.1 Å². The number of hydrogen-bond acceptors (Lipinski definition) is 3. The fourth-order valence-corrected chi connectivity index (χ4v) is 1.71. The molecule has 4 heteroatoms. The summed E-state index contributed by atoms with van der Waals surface area (Å²) in [7, 11) is 0. The molecule has 0 aliphatic rings. The number of nitrogens with one attached hydrogen (secondary N) is 1. The van der Waals surface area contributed by atoms with Gasteiger partial charge in [0.2, 0.25) is 0 Å². The van der Waals surface area contributed by atoms with Gasteiger partial charge in [-0.2, -0.15) is 0 Å². The highest BCUT2D eigenvalue weighted by Gasteiger charge is 2.08. The molecule has 1 aromatic heterocycles. The van der Waals surface area contributed by atoms with Crippen molar-refractivity contribution >= 4 is 11.7 Å². The lowest BCUT2D eigenvalue weighted by molar-refractivity contribution is 0.0690. The minimum Gasteiger partial charge on any atom is -0.477 e. The van der Waals surface area contributed by atoms with E-state index >= 15 is 0 Å². The maximum Gasteiger partial charge on any atom is 0.354 e. The molecule has 1 aromatic carbocycles. The van der Waals surface area contributed by atoms with Gasteiger partial charge in [0.05, 0.1) is 0 Å². The molecule has 4 nitrogen and oxygen atoms in total. The number of rotatable bonds is 4. The Balaban J connectivity index is 2.14. The first-order chi connectivity index (χ1) is 8.66. The summed E-state index contributed by atoms with van der Waals surface area (Å²) >= 11 is 0. The number of benzene rings is 1. The molecular weight excluding hydrogens is 228 g/mol. The fourth-order valence-electron chi connectivity index (χ4n) is 1.71. The van der Waals surface area contributed by atoms with Crippen LogP contribution in [0, 0.1) is 0 Å². The Morgan fingerprint density at radius 3 is 2.67 bits per heavy atom. The number of aromatic nitrogens is 1. The van der Waals surface area contributed by atoms with Gasteiger partial charge in [-0.15, -0.1) is 0 Å². The standard InChI is InChI=1S/C14H14N2O2/c1-10(11-5-3-2-4-6-11)16-12-7-8-15-13(9-12)14(17)18/h2-10H,1H3,(H,15,16)(H,17,18). The Kier molecular flexibility index (Phi) is 3.57. The summed E-state index contributed by atoms with van der Waals surface area (Å²) in [5, 5.41) is 12.1. The van der Waals surface area contributed by atoms with Gasteiger partial charge in [0, 0.05) is 17.9 Å². The number of hydrogen-bond donors (Lipinski definition) is 2. The van der Waals surface area contributed by atoms with E-state index in [-0.39, 0.29) is 11.7 Å². The van der Waals surface area contributed by atoms with Crippen molar-refractivity contribution in [2.75, 3.05) is 5.32 Å². The molecule has 0 amide bonds. The molecule has 92 valence electrons. The Bertz CT molecular complexity index is 541. The molecular formula is C14H14N2O2. The molecule has 0 aliphatic carbocycles. The lowest BCUT2D eigenvalue weighted by atomic mass is 10.1. The van der Waals surface area contributed by atoms with Gasteiger partial charge in [-0.05, 0) is 24.6 Å². The summed E-state index contributed by atoms with van der Waals surface area (Å²) in [6, 6.07) is 13.4. The van der Waals surface area contributed by atoms with Crippen LogP contribution in [0.25, 0.3) is 0 Å². The first-order valence-electron chi connectivity index (χ1n) is 5.67. The van der Waals surface area contributed by atoms with Crippen molar-refractivity contribution in [3.05, 3.63) is 59.9 Å². The second-order valence-electron chi connectivity index (χ2n) is 4.01. The SMILES string of the molecule is CC(Nc1ccnc(C(=O)O)c1)c1ccccc1. The van der Waals surface area contributed by atoms with E-state index in [1.165, 1.54) is 12.3 Å². The summed E-state index contributed by atoms with van der Waals surface area (Å²) in [6.45, 7) is 2.02. The maximum absolute atomic E-state index is 10.8. The van der Waals surface area contributed by atoms with E-state index in [9.17, 15) is 4.79 Å². The van der Waals surface area contributed by atoms with Crippen LogP contribution < -0.4 is 5.32 Å². The number of carboxylic acid groups (broad SMARTS) is 1. The normalized spacial score (nSPS) is 11.8. The van der Waals surface area contributed by atoms with E-state index in [1.807, 2.05) is 37.3 Å². The predicted molar refractivity (Wildman–Crippen MR) is 69.7 cm³/mol. The lowest BCUT2D eigenvalue weighted by Crippen LogP contribution is -2.08. The van der Waals surface area contributed by atoms with Gasteiger partial charge in [-0.25, -0.2) is 9.78 Å². The molecule has 0 aliphatic heterocycles. The zero-order chi connectivity index (χ0) is 13.0. The molecule has 0 radical (unpaired) electrons. The van der Waals surface area contributed by atoms with Gasteiger partial charge in [-0.3, -0.25) is 0 Å². The molecule has 1 heterocycles. The van der Waals surface area contributed by atoms with Crippen molar-refractivity contribution in [2.24, 2.45) is 0 Å². The fraction of sp³-hybridized carbons (Fsp3) is 0.143. The van der Waals surface area contributed by atoms with Crippen LogP contribution in [0.2, 0.25) is 0 Å². The first kappa shape index (κ1) is 12.1. The van der Waals surface area contributed by atoms with Crippen LogP contribution in [0.4, 0.5) is 5.69 Å². The summed E-state index contributed by atoms with van der Waals surface area (Å²) in [4.78, 5) is 14.6. The summed E-state index contributed by atoms with van der Waals surface area (Å²) in [5.74, 6) is -1.02. The number of anilines is 1. The topological polar surface area (TPSA) is 62.2 Å². The number of carbonyl (C=O) groups is 1. The van der Waals surface area contributed by atoms with Crippen molar-refractivity contribution < 1.29 is 9.90 Å². The third-order valence-electron chi connectivity index (χ3n) is 2.66. The Hall–Kier alpha value is -2.36. The van der Waals surface area contributed by atoms with E-state index in [1.54, 1.807) is 6.07 Å². The Morgan fingerprint density at radius 1 is 1.28 bits per heavy atom. The molecule has 18 heavy (non-hydrogen) atoms. The van der Waals surface area contributed by atoms with E-state index in [2.05, 4.69) is 10.3 Å². The number of pyridine rings is 1. The second kappa shape index (κ2) is 5.31. The molecule has 0 saturated heterocycles. The van der Waals surface area contributed by atoms with Gasteiger partial charge in [0.25, 0.3) is 0 Å². The molecule has 2 aromatic rings. The Morgan fingerprint density at radius 2 is 2.00 bits per heavy atom. The minimum absolute atomic E-state index is 0.0419. The van der Waals surface area contributed by atoms with Gasteiger partial charge in [0.15, 0.2) is 0 Å². The van der Waals surface area contributed by atoms with Gasteiger partial charge in [0.1, 0.15) is 5.69 Å².